The molecule has 2 N–H and O–H groups in total. The standard InChI is InChI=1S/C32H37N3O4/c1-22-18-35(23(2)21-36)32(38)29-16-26(11-10-24(3)37)17-33-31(29)39-30(22)20-34(4)19-25-12-14-28(15-13-25)27-8-6-5-7-9-27/h5-9,12-17,22-24,30,36-37H,18-21H2,1-4H3/t22-,23-,24-,30+/m1/s1. The normalized spacial score (nSPS) is 18.7. The van der Waals surface area contributed by atoms with Crippen molar-refractivity contribution in [2.45, 2.75) is 45.6 Å². The lowest BCUT2D eigenvalue weighted by Crippen LogP contribution is -2.49. The summed E-state index contributed by atoms with van der Waals surface area (Å²) in [5.74, 6) is 5.55. The molecule has 7 heteroatoms. The van der Waals surface area contributed by atoms with Gasteiger partial charge in [-0.1, -0.05) is 73.4 Å². The maximum atomic E-state index is 13.5. The second-order valence-electron chi connectivity index (χ2n) is 10.4. The van der Waals surface area contributed by atoms with E-state index in [0.717, 1.165) is 6.54 Å². The molecule has 7 nitrogen and oxygen atoms in total. The number of fused-ring (bicyclic) bond motifs is 1. The average Bonchev–Trinajstić information content (AvgIpc) is 2.94. The molecule has 1 amide bonds. The SMILES string of the molecule is C[C@@H]1CN([C@H](C)CO)C(=O)c2cc(C#C[C@@H](C)O)cnc2O[C@H]1CN(C)Cc1ccc(-c2ccccc2)cc1. The molecule has 4 rings (SSSR count). The number of pyridine rings is 1. The second kappa shape index (κ2) is 12.9. The molecule has 0 saturated heterocycles. The minimum atomic E-state index is -0.791. The predicted molar refractivity (Wildman–Crippen MR) is 152 cm³/mol. The van der Waals surface area contributed by atoms with E-state index in [4.69, 9.17) is 4.74 Å². The van der Waals surface area contributed by atoms with Crippen LogP contribution in [0.2, 0.25) is 0 Å². The Balaban J connectivity index is 1.54. The number of nitrogens with zero attached hydrogens (tertiary/aromatic N) is 3. The minimum Gasteiger partial charge on any atom is -0.472 e. The van der Waals surface area contributed by atoms with E-state index in [-0.39, 0.29) is 36.5 Å². The summed E-state index contributed by atoms with van der Waals surface area (Å²) in [5.41, 5.74) is 4.40. The summed E-state index contributed by atoms with van der Waals surface area (Å²) in [4.78, 5) is 21.9. The molecule has 0 radical (unpaired) electrons. The number of aliphatic hydroxyl groups is 2. The van der Waals surface area contributed by atoms with E-state index in [9.17, 15) is 15.0 Å². The van der Waals surface area contributed by atoms with Crippen LogP contribution in [0.25, 0.3) is 11.1 Å². The van der Waals surface area contributed by atoms with Gasteiger partial charge in [-0.25, -0.2) is 4.98 Å². The highest BCUT2D eigenvalue weighted by Gasteiger charge is 2.34. The number of aromatic nitrogens is 1. The Morgan fingerprint density at radius 3 is 2.49 bits per heavy atom. The zero-order chi connectivity index (χ0) is 27.9. The number of ether oxygens (including phenoxy) is 1. The predicted octanol–water partition coefficient (Wildman–Crippen LogP) is 3.83. The third-order valence-electron chi connectivity index (χ3n) is 6.95. The molecule has 2 heterocycles. The fourth-order valence-electron chi connectivity index (χ4n) is 4.69. The maximum absolute atomic E-state index is 13.5. The summed E-state index contributed by atoms with van der Waals surface area (Å²) in [6.07, 6.45) is 0.531. The number of rotatable bonds is 7. The van der Waals surface area contributed by atoms with Crippen LogP contribution in [0.3, 0.4) is 0 Å². The summed E-state index contributed by atoms with van der Waals surface area (Å²) < 4.78 is 6.39. The molecule has 0 unspecified atom stereocenters. The first kappa shape index (κ1) is 28.3. The van der Waals surface area contributed by atoms with Gasteiger partial charge in [0.25, 0.3) is 5.91 Å². The summed E-state index contributed by atoms with van der Waals surface area (Å²) in [6.45, 7) is 7.13. The fraction of sp³-hybridized carbons (Fsp3) is 0.375. The number of amides is 1. The lowest BCUT2D eigenvalue weighted by atomic mass is 9.99. The Labute approximate surface area is 231 Å². The van der Waals surface area contributed by atoms with Crippen molar-refractivity contribution in [1.82, 2.24) is 14.8 Å². The number of carbonyl (C=O) groups is 1. The van der Waals surface area contributed by atoms with E-state index in [2.05, 4.69) is 72.1 Å². The Bertz CT molecular complexity index is 1310. The average molecular weight is 528 g/mol. The lowest BCUT2D eigenvalue weighted by Gasteiger charge is -2.37. The van der Waals surface area contributed by atoms with Gasteiger partial charge in [-0.15, -0.1) is 0 Å². The van der Waals surface area contributed by atoms with Crippen LogP contribution in [0.5, 0.6) is 5.88 Å². The molecule has 1 aromatic heterocycles. The number of aliphatic hydroxyl groups excluding tert-OH is 2. The van der Waals surface area contributed by atoms with Crippen molar-refractivity contribution in [3.8, 4) is 28.8 Å². The Morgan fingerprint density at radius 1 is 1.13 bits per heavy atom. The molecule has 0 saturated carbocycles. The highest BCUT2D eigenvalue weighted by atomic mass is 16.5. The maximum Gasteiger partial charge on any atom is 0.259 e. The largest absolute Gasteiger partial charge is 0.472 e. The first-order valence-corrected chi connectivity index (χ1v) is 13.4. The van der Waals surface area contributed by atoms with Crippen molar-refractivity contribution in [3.05, 3.63) is 83.6 Å². The third-order valence-corrected chi connectivity index (χ3v) is 6.95. The van der Waals surface area contributed by atoms with E-state index < -0.39 is 6.10 Å². The molecule has 0 fully saturated rings. The molecule has 4 atom stereocenters. The zero-order valence-electron chi connectivity index (χ0n) is 23.0. The van der Waals surface area contributed by atoms with Gasteiger partial charge in [-0.2, -0.15) is 0 Å². The summed E-state index contributed by atoms with van der Waals surface area (Å²) in [5, 5.41) is 19.4. The third kappa shape index (κ3) is 7.24. The van der Waals surface area contributed by atoms with E-state index in [1.807, 2.05) is 25.1 Å². The van der Waals surface area contributed by atoms with E-state index in [1.54, 1.807) is 24.1 Å². The van der Waals surface area contributed by atoms with Gasteiger partial charge in [0.1, 0.15) is 17.8 Å². The van der Waals surface area contributed by atoms with Crippen LogP contribution in [0.1, 0.15) is 42.3 Å². The van der Waals surface area contributed by atoms with Gasteiger partial charge in [0.05, 0.1) is 12.6 Å². The highest BCUT2D eigenvalue weighted by Crippen LogP contribution is 2.28. The zero-order valence-corrected chi connectivity index (χ0v) is 23.0. The molecule has 1 aliphatic heterocycles. The first-order chi connectivity index (χ1) is 18.7. The molecule has 0 aliphatic carbocycles. The van der Waals surface area contributed by atoms with Gasteiger partial charge in [0.2, 0.25) is 5.88 Å². The van der Waals surface area contributed by atoms with E-state index >= 15 is 0 Å². The Hall–Kier alpha value is -3.70. The summed E-state index contributed by atoms with van der Waals surface area (Å²) in [7, 11) is 2.06. The Morgan fingerprint density at radius 2 is 1.82 bits per heavy atom. The monoisotopic (exact) mass is 527 g/mol. The lowest BCUT2D eigenvalue weighted by molar-refractivity contribution is 0.0325. The molecular formula is C32H37N3O4. The topological polar surface area (TPSA) is 86.1 Å². The molecule has 1 aliphatic rings. The summed E-state index contributed by atoms with van der Waals surface area (Å²) in [6, 6.07) is 20.2. The van der Waals surface area contributed by atoms with Gasteiger partial charge in [-0.3, -0.25) is 9.69 Å². The Kier molecular flexibility index (Phi) is 9.36. The molecule has 0 bridgehead atoms. The number of benzene rings is 2. The number of likely N-dealkylation sites (N-methyl/N-ethyl adjacent to an activating group) is 1. The van der Waals surface area contributed by atoms with E-state index in [0.29, 0.717) is 24.2 Å². The van der Waals surface area contributed by atoms with E-state index in [1.165, 1.54) is 16.7 Å². The summed E-state index contributed by atoms with van der Waals surface area (Å²) >= 11 is 0. The fourth-order valence-corrected chi connectivity index (χ4v) is 4.69. The van der Waals surface area contributed by atoms with Crippen molar-refractivity contribution in [1.29, 1.82) is 0 Å². The van der Waals surface area contributed by atoms with Gasteiger partial charge in [0, 0.05) is 37.3 Å². The van der Waals surface area contributed by atoms with Crippen molar-refractivity contribution >= 4 is 5.91 Å². The van der Waals surface area contributed by atoms with Crippen LogP contribution < -0.4 is 4.74 Å². The second-order valence-corrected chi connectivity index (χ2v) is 10.4. The van der Waals surface area contributed by atoms with Gasteiger partial charge >= 0.3 is 0 Å². The number of hydrogen-bond acceptors (Lipinski definition) is 6. The molecular weight excluding hydrogens is 490 g/mol. The van der Waals surface area contributed by atoms with Crippen LogP contribution in [-0.2, 0) is 6.54 Å². The van der Waals surface area contributed by atoms with Crippen LogP contribution in [0.4, 0.5) is 0 Å². The minimum absolute atomic E-state index is 0.00415. The van der Waals surface area contributed by atoms with Gasteiger partial charge in [0.15, 0.2) is 0 Å². The van der Waals surface area contributed by atoms with Crippen molar-refractivity contribution < 1.29 is 19.7 Å². The van der Waals surface area contributed by atoms with Crippen LogP contribution in [-0.4, -0.2) is 75.9 Å². The molecule has 3 aromatic rings. The molecule has 39 heavy (non-hydrogen) atoms. The van der Waals surface area contributed by atoms with Crippen LogP contribution in [0, 0.1) is 17.8 Å². The van der Waals surface area contributed by atoms with Crippen LogP contribution >= 0.6 is 0 Å². The molecule has 0 spiro atoms. The molecule has 2 aromatic carbocycles. The quantitative estimate of drug-likeness (QED) is 0.454. The van der Waals surface area contributed by atoms with Crippen molar-refractivity contribution in [2.75, 3.05) is 26.7 Å². The van der Waals surface area contributed by atoms with Crippen molar-refractivity contribution in [2.24, 2.45) is 5.92 Å². The number of hydrogen-bond donors (Lipinski definition) is 2. The number of carbonyl (C=O) groups excluding carboxylic acids is 1. The smallest absolute Gasteiger partial charge is 0.259 e. The highest BCUT2D eigenvalue weighted by molar-refractivity contribution is 5.97. The van der Waals surface area contributed by atoms with Crippen LogP contribution in [0.15, 0.2) is 66.9 Å². The first-order valence-electron chi connectivity index (χ1n) is 13.4. The van der Waals surface area contributed by atoms with Gasteiger partial charge < -0.3 is 19.8 Å². The van der Waals surface area contributed by atoms with Gasteiger partial charge in [-0.05, 0) is 43.7 Å². The van der Waals surface area contributed by atoms with Crippen molar-refractivity contribution in [3.63, 3.8) is 0 Å². The molecule has 204 valence electrons.